The number of carbonyl (C=O) groups is 1. The van der Waals surface area contributed by atoms with Gasteiger partial charge in [-0.25, -0.2) is 0 Å². The monoisotopic (exact) mass is 421 g/mol. The minimum atomic E-state index is -0.0272. The van der Waals surface area contributed by atoms with Crippen molar-refractivity contribution >= 4 is 34.9 Å². The van der Waals surface area contributed by atoms with Crippen molar-refractivity contribution in [3.05, 3.63) is 44.9 Å². The molecule has 7 heteroatoms. The number of rotatable bonds is 9. The molecule has 0 saturated carbocycles. The standard InChI is InChI=1S/C21H28ClN3O2S/c1-3-4-11-25-21(22)19(16(2)23-25)9-10-20(26)24(14-17-7-5-12-27-17)15-18-8-6-13-28-18/h6,8-10,13,17H,3-5,7,11-12,14-15H2,1-2H3/b10-9+. The number of nitrogens with zero attached hydrogens (tertiary/aromatic N) is 3. The van der Waals surface area contributed by atoms with Gasteiger partial charge >= 0.3 is 0 Å². The molecule has 1 amide bonds. The van der Waals surface area contributed by atoms with Crippen molar-refractivity contribution in [3.8, 4) is 0 Å². The summed E-state index contributed by atoms with van der Waals surface area (Å²) in [6, 6.07) is 4.07. The highest BCUT2D eigenvalue weighted by Gasteiger charge is 2.22. The van der Waals surface area contributed by atoms with E-state index in [9.17, 15) is 4.79 Å². The van der Waals surface area contributed by atoms with Gasteiger partial charge in [-0.05, 0) is 43.7 Å². The summed E-state index contributed by atoms with van der Waals surface area (Å²) in [5.74, 6) is -0.0272. The number of ether oxygens (including phenoxy) is 1. The molecule has 1 fully saturated rings. The average Bonchev–Trinajstić information content (AvgIpc) is 3.42. The lowest BCUT2D eigenvalue weighted by molar-refractivity contribution is -0.128. The van der Waals surface area contributed by atoms with Gasteiger partial charge in [0.1, 0.15) is 5.15 Å². The molecule has 0 radical (unpaired) electrons. The molecule has 1 saturated heterocycles. The van der Waals surface area contributed by atoms with Gasteiger partial charge in [0.2, 0.25) is 5.91 Å². The van der Waals surface area contributed by atoms with Gasteiger partial charge in [0.15, 0.2) is 0 Å². The van der Waals surface area contributed by atoms with E-state index in [0.29, 0.717) is 18.2 Å². The number of aryl methyl sites for hydroxylation is 2. The summed E-state index contributed by atoms with van der Waals surface area (Å²) in [6.07, 6.45) is 7.72. The third-order valence-corrected chi connectivity index (χ3v) is 6.17. The van der Waals surface area contributed by atoms with Crippen LogP contribution in [0.15, 0.2) is 23.6 Å². The van der Waals surface area contributed by atoms with Crippen molar-refractivity contribution in [1.29, 1.82) is 0 Å². The van der Waals surface area contributed by atoms with Crippen molar-refractivity contribution in [2.75, 3.05) is 13.2 Å². The summed E-state index contributed by atoms with van der Waals surface area (Å²) in [6.45, 7) is 6.86. The Hall–Kier alpha value is -1.63. The molecule has 1 unspecified atom stereocenters. The second-order valence-electron chi connectivity index (χ2n) is 7.13. The summed E-state index contributed by atoms with van der Waals surface area (Å²) < 4.78 is 7.57. The SMILES string of the molecule is CCCCn1nc(C)c(/C=C/C(=O)N(Cc2cccs2)CC2CCCO2)c1Cl. The van der Waals surface area contributed by atoms with E-state index >= 15 is 0 Å². The maximum atomic E-state index is 12.9. The number of hydrogen-bond acceptors (Lipinski definition) is 4. The van der Waals surface area contributed by atoms with Crippen LogP contribution in [-0.2, 0) is 22.6 Å². The molecule has 3 rings (SSSR count). The molecule has 0 aromatic carbocycles. The number of carbonyl (C=O) groups excluding carboxylic acids is 1. The molecule has 1 aliphatic heterocycles. The highest BCUT2D eigenvalue weighted by atomic mass is 35.5. The molecular weight excluding hydrogens is 394 g/mol. The Morgan fingerprint density at radius 1 is 1.54 bits per heavy atom. The van der Waals surface area contributed by atoms with Crippen LogP contribution in [0.3, 0.4) is 0 Å². The second kappa shape index (κ2) is 10.2. The normalized spacial score (nSPS) is 16.9. The van der Waals surface area contributed by atoms with Gasteiger partial charge in [-0.1, -0.05) is 31.0 Å². The van der Waals surface area contributed by atoms with Gasteiger partial charge in [0, 0.05) is 36.2 Å². The Bertz CT molecular complexity index is 795. The van der Waals surface area contributed by atoms with Crippen LogP contribution in [0.1, 0.15) is 48.7 Å². The van der Waals surface area contributed by atoms with Crippen molar-refractivity contribution in [2.24, 2.45) is 0 Å². The van der Waals surface area contributed by atoms with Gasteiger partial charge in [-0.3, -0.25) is 9.48 Å². The molecule has 0 aliphatic carbocycles. The molecule has 3 heterocycles. The zero-order chi connectivity index (χ0) is 19.9. The molecule has 2 aromatic heterocycles. The summed E-state index contributed by atoms with van der Waals surface area (Å²) in [5.41, 5.74) is 1.66. The Kier molecular flexibility index (Phi) is 7.71. The molecule has 1 aliphatic rings. The average molecular weight is 422 g/mol. The molecule has 5 nitrogen and oxygen atoms in total. The van der Waals surface area contributed by atoms with Gasteiger partial charge in [-0.15, -0.1) is 11.3 Å². The van der Waals surface area contributed by atoms with Crippen LogP contribution < -0.4 is 0 Å². The fraction of sp³-hybridized carbons (Fsp3) is 0.524. The quantitative estimate of drug-likeness (QED) is 0.539. The second-order valence-corrected chi connectivity index (χ2v) is 8.52. The van der Waals surface area contributed by atoms with Crippen molar-refractivity contribution < 1.29 is 9.53 Å². The highest BCUT2D eigenvalue weighted by Crippen LogP contribution is 2.23. The van der Waals surface area contributed by atoms with Gasteiger partial charge < -0.3 is 9.64 Å². The minimum Gasteiger partial charge on any atom is -0.376 e. The van der Waals surface area contributed by atoms with Gasteiger partial charge in [0.05, 0.1) is 18.3 Å². The molecule has 0 bridgehead atoms. The van der Waals surface area contributed by atoms with Crippen LogP contribution in [0.25, 0.3) is 6.08 Å². The van der Waals surface area contributed by atoms with E-state index in [-0.39, 0.29) is 12.0 Å². The zero-order valence-electron chi connectivity index (χ0n) is 16.6. The van der Waals surface area contributed by atoms with E-state index in [1.54, 1.807) is 23.5 Å². The minimum absolute atomic E-state index is 0.0272. The van der Waals surface area contributed by atoms with E-state index < -0.39 is 0 Å². The summed E-state index contributed by atoms with van der Waals surface area (Å²) in [7, 11) is 0. The maximum absolute atomic E-state index is 12.9. The van der Waals surface area contributed by atoms with Crippen molar-refractivity contribution in [1.82, 2.24) is 14.7 Å². The van der Waals surface area contributed by atoms with Gasteiger partial charge in [0.25, 0.3) is 0 Å². The molecule has 152 valence electrons. The maximum Gasteiger partial charge on any atom is 0.246 e. The van der Waals surface area contributed by atoms with Crippen LogP contribution >= 0.6 is 22.9 Å². The predicted octanol–water partition coefficient (Wildman–Crippen LogP) is 4.93. The zero-order valence-corrected chi connectivity index (χ0v) is 18.1. The smallest absolute Gasteiger partial charge is 0.246 e. The molecule has 2 aromatic rings. The number of amides is 1. The summed E-state index contributed by atoms with van der Waals surface area (Å²) >= 11 is 8.15. The number of halogens is 1. The van der Waals surface area contributed by atoms with E-state index in [2.05, 4.69) is 18.1 Å². The van der Waals surface area contributed by atoms with E-state index in [1.807, 2.05) is 28.0 Å². The Morgan fingerprint density at radius 2 is 2.39 bits per heavy atom. The number of thiophene rings is 1. The molecule has 28 heavy (non-hydrogen) atoms. The number of hydrogen-bond donors (Lipinski definition) is 0. The lowest BCUT2D eigenvalue weighted by Crippen LogP contribution is -2.35. The molecular formula is C21H28ClN3O2S. The Morgan fingerprint density at radius 3 is 3.07 bits per heavy atom. The number of aromatic nitrogens is 2. The lowest BCUT2D eigenvalue weighted by Gasteiger charge is -2.23. The van der Waals surface area contributed by atoms with E-state index in [4.69, 9.17) is 16.3 Å². The van der Waals surface area contributed by atoms with Crippen LogP contribution in [0.2, 0.25) is 5.15 Å². The first kappa shape index (κ1) is 21.1. The number of unbranched alkanes of at least 4 members (excludes halogenated alkanes) is 1. The predicted molar refractivity (Wildman–Crippen MR) is 115 cm³/mol. The van der Waals surface area contributed by atoms with Gasteiger partial charge in [-0.2, -0.15) is 5.10 Å². The van der Waals surface area contributed by atoms with Crippen molar-refractivity contribution in [2.45, 2.75) is 58.7 Å². The largest absolute Gasteiger partial charge is 0.376 e. The Labute approximate surface area is 175 Å². The summed E-state index contributed by atoms with van der Waals surface area (Å²) in [4.78, 5) is 16.0. The van der Waals surface area contributed by atoms with E-state index in [1.165, 1.54) is 4.88 Å². The van der Waals surface area contributed by atoms with E-state index in [0.717, 1.165) is 50.1 Å². The fourth-order valence-electron chi connectivity index (χ4n) is 3.33. The molecule has 0 spiro atoms. The first-order valence-electron chi connectivity index (χ1n) is 9.92. The van der Waals surface area contributed by atoms with Crippen LogP contribution in [0.4, 0.5) is 0 Å². The highest BCUT2D eigenvalue weighted by molar-refractivity contribution is 7.09. The van der Waals surface area contributed by atoms with Crippen LogP contribution in [-0.4, -0.2) is 39.8 Å². The third kappa shape index (κ3) is 5.46. The van der Waals surface area contributed by atoms with Crippen LogP contribution in [0.5, 0.6) is 0 Å². The topological polar surface area (TPSA) is 47.4 Å². The fourth-order valence-corrected chi connectivity index (χ4v) is 4.37. The van der Waals surface area contributed by atoms with Crippen LogP contribution in [0, 0.1) is 6.92 Å². The molecule has 0 N–H and O–H groups in total. The summed E-state index contributed by atoms with van der Waals surface area (Å²) in [5, 5.41) is 7.14. The third-order valence-electron chi connectivity index (χ3n) is 4.91. The first-order chi connectivity index (χ1) is 13.6. The van der Waals surface area contributed by atoms with Crippen molar-refractivity contribution in [3.63, 3.8) is 0 Å². The Balaban J connectivity index is 1.72. The lowest BCUT2D eigenvalue weighted by atomic mass is 10.2. The first-order valence-corrected chi connectivity index (χ1v) is 11.2. The molecule has 1 atom stereocenters.